The van der Waals surface area contributed by atoms with Crippen molar-refractivity contribution in [3.63, 3.8) is 0 Å². The summed E-state index contributed by atoms with van der Waals surface area (Å²) in [6.07, 6.45) is 4.99. The van der Waals surface area contributed by atoms with Crippen molar-refractivity contribution in [2.75, 3.05) is 12.4 Å². The van der Waals surface area contributed by atoms with Gasteiger partial charge in [-0.05, 0) is 42.0 Å². The van der Waals surface area contributed by atoms with Gasteiger partial charge in [-0.15, -0.1) is 0 Å². The van der Waals surface area contributed by atoms with Gasteiger partial charge in [-0.1, -0.05) is 12.1 Å². The highest BCUT2D eigenvalue weighted by Gasteiger charge is 2.02. The molecule has 0 aliphatic rings. The van der Waals surface area contributed by atoms with Crippen LogP contribution >= 0.6 is 0 Å². The van der Waals surface area contributed by atoms with E-state index in [1.165, 1.54) is 0 Å². The Balaban J connectivity index is 1.59. The lowest BCUT2D eigenvalue weighted by Gasteiger charge is -2.04. The molecule has 0 saturated heterocycles. The second-order valence-electron chi connectivity index (χ2n) is 4.84. The Kier molecular flexibility index (Phi) is 4.24. The van der Waals surface area contributed by atoms with Crippen molar-refractivity contribution < 1.29 is 9.53 Å². The summed E-state index contributed by atoms with van der Waals surface area (Å²) in [7, 11) is 1.62. The zero-order valence-electron chi connectivity index (χ0n) is 12.5. The number of ether oxygens (including phenoxy) is 1. The quantitative estimate of drug-likeness (QED) is 0.691. The highest BCUT2D eigenvalue weighted by Crippen LogP contribution is 2.15. The van der Waals surface area contributed by atoms with Crippen LogP contribution in [-0.4, -0.2) is 23.1 Å². The van der Waals surface area contributed by atoms with E-state index in [1.54, 1.807) is 31.8 Å². The smallest absolute Gasteiger partial charge is 0.323 e. The van der Waals surface area contributed by atoms with Gasteiger partial charge in [0.2, 0.25) is 0 Å². The summed E-state index contributed by atoms with van der Waals surface area (Å²) in [5, 5.41) is 5.42. The Bertz CT molecular complexity index is 854. The maximum absolute atomic E-state index is 11.9. The third kappa shape index (κ3) is 3.68. The van der Waals surface area contributed by atoms with E-state index in [4.69, 9.17) is 4.74 Å². The number of rotatable bonds is 4. The largest absolute Gasteiger partial charge is 0.497 e. The topological polar surface area (TPSA) is 79.0 Å². The van der Waals surface area contributed by atoms with Gasteiger partial charge in [-0.3, -0.25) is 0 Å². The molecule has 0 spiro atoms. The van der Waals surface area contributed by atoms with Crippen molar-refractivity contribution in [2.24, 2.45) is 0 Å². The van der Waals surface area contributed by atoms with Crippen LogP contribution in [0.25, 0.3) is 17.1 Å². The van der Waals surface area contributed by atoms with Crippen molar-refractivity contribution in [3.8, 4) is 5.75 Å². The van der Waals surface area contributed by atoms with Gasteiger partial charge in [-0.25, -0.2) is 9.78 Å². The van der Waals surface area contributed by atoms with Gasteiger partial charge < -0.3 is 20.4 Å². The highest BCUT2D eigenvalue weighted by atomic mass is 16.5. The van der Waals surface area contributed by atoms with Gasteiger partial charge in [0.1, 0.15) is 5.75 Å². The minimum atomic E-state index is -0.317. The Morgan fingerprint density at radius 2 is 2.17 bits per heavy atom. The number of carbonyl (C=O) groups excluding carboxylic acids is 1. The molecule has 0 saturated carbocycles. The number of carbonyl (C=O) groups is 1. The molecule has 6 nitrogen and oxygen atoms in total. The van der Waals surface area contributed by atoms with Gasteiger partial charge in [-0.2, -0.15) is 0 Å². The zero-order chi connectivity index (χ0) is 16.1. The lowest BCUT2D eigenvalue weighted by atomic mass is 10.2. The Morgan fingerprint density at radius 3 is 3.04 bits per heavy atom. The number of aromatic nitrogens is 2. The molecular formula is C17H16N4O2. The molecule has 3 aromatic rings. The van der Waals surface area contributed by atoms with E-state index in [-0.39, 0.29) is 6.03 Å². The van der Waals surface area contributed by atoms with Gasteiger partial charge in [0.15, 0.2) is 0 Å². The van der Waals surface area contributed by atoms with E-state index in [9.17, 15) is 4.79 Å². The standard InChI is InChI=1S/C17H16N4O2/c1-23-14-4-2-3-12(9-14)7-8-18-17(22)21-13-5-6-15-16(10-13)20-11-19-15/h2-11H,1H3,(H,19,20)(H2,18,21,22)/b8-7+. The molecule has 0 fully saturated rings. The molecule has 1 heterocycles. The van der Waals surface area contributed by atoms with Crippen LogP contribution < -0.4 is 15.4 Å². The van der Waals surface area contributed by atoms with Crippen LogP contribution in [0.5, 0.6) is 5.75 Å². The minimum Gasteiger partial charge on any atom is -0.497 e. The Labute approximate surface area is 133 Å². The van der Waals surface area contributed by atoms with E-state index < -0.39 is 0 Å². The zero-order valence-corrected chi connectivity index (χ0v) is 12.5. The lowest BCUT2D eigenvalue weighted by Crippen LogP contribution is -2.23. The lowest BCUT2D eigenvalue weighted by molar-refractivity contribution is 0.255. The first kappa shape index (κ1) is 14.6. The first-order valence-electron chi connectivity index (χ1n) is 7.06. The number of benzene rings is 2. The maximum Gasteiger partial charge on any atom is 0.323 e. The fourth-order valence-electron chi connectivity index (χ4n) is 2.14. The molecule has 6 heteroatoms. The minimum absolute atomic E-state index is 0.317. The summed E-state index contributed by atoms with van der Waals surface area (Å²) in [4.78, 5) is 19.0. The third-order valence-electron chi connectivity index (χ3n) is 3.26. The number of fused-ring (bicyclic) bond motifs is 1. The van der Waals surface area contributed by atoms with Crippen molar-refractivity contribution in [3.05, 3.63) is 60.6 Å². The number of anilines is 1. The van der Waals surface area contributed by atoms with Gasteiger partial charge >= 0.3 is 6.03 Å². The van der Waals surface area contributed by atoms with E-state index in [0.29, 0.717) is 5.69 Å². The average molecular weight is 308 g/mol. The van der Waals surface area contributed by atoms with E-state index in [1.807, 2.05) is 36.4 Å². The fraction of sp³-hybridized carbons (Fsp3) is 0.0588. The number of urea groups is 1. The molecule has 0 bridgehead atoms. The van der Waals surface area contributed by atoms with Gasteiger partial charge in [0, 0.05) is 11.9 Å². The van der Waals surface area contributed by atoms with Crippen LogP contribution in [0.4, 0.5) is 10.5 Å². The summed E-state index contributed by atoms with van der Waals surface area (Å²) in [5.41, 5.74) is 3.35. The van der Waals surface area contributed by atoms with Crippen LogP contribution in [0.15, 0.2) is 55.0 Å². The number of nitrogens with one attached hydrogen (secondary N) is 3. The summed E-state index contributed by atoms with van der Waals surface area (Å²) in [6.45, 7) is 0. The molecule has 2 amide bonds. The molecule has 0 unspecified atom stereocenters. The summed E-state index contributed by atoms with van der Waals surface area (Å²) in [6, 6.07) is 12.7. The molecule has 0 aliphatic carbocycles. The van der Waals surface area contributed by atoms with E-state index >= 15 is 0 Å². The predicted molar refractivity (Wildman–Crippen MR) is 90.3 cm³/mol. The number of hydrogen-bond donors (Lipinski definition) is 3. The molecular weight excluding hydrogens is 292 g/mol. The Morgan fingerprint density at radius 1 is 1.26 bits per heavy atom. The molecule has 1 aromatic heterocycles. The monoisotopic (exact) mass is 308 g/mol. The van der Waals surface area contributed by atoms with Crippen molar-refractivity contribution >= 4 is 28.8 Å². The van der Waals surface area contributed by atoms with Crippen LogP contribution in [-0.2, 0) is 0 Å². The number of aromatic amines is 1. The number of imidazole rings is 1. The van der Waals surface area contributed by atoms with Crippen LogP contribution in [0.1, 0.15) is 5.56 Å². The fourth-order valence-corrected chi connectivity index (χ4v) is 2.14. The van der Waals surface area contributed by atoms with E-state index in [0.717, 1.165) is 22.3 Å². The third-order valence-corrected chi connectivity index (χ3v) is 3.26. The van der Waals surface area contributed by atoms with Crippen molar-refractivity contribution in [1.82, 2.24) is 15.3 Å². The Hall–Kier alpha value is -3.28. The maximum atomic E-state index is 11.9. The van der Waals surface area contributed by atoms with Crippen LogP contribution in [0, 0.1) is 0 Å². The first-order chi connectivity index (χ1) is 11.2. The number of H-pyrrole nitrogens is 1. The molecule has 116 valence electrons. The molecule has 3 N–H and O–H groups in total. The number of methoxy groups -OCH3 is 1. The summed E-state index contributed by atoms with van der Waals surface area (Å²) in [5.74, 6) is 0.768. The normalized spacial score (nSPS) is 10.8. The molecule has 0 aliphatic heterocycles. The van der Waals surface area contributed by atoms with E-state index in [2.05, 4.69) is 20.6 Å². The second kappa shape index (κ2) is 6.65. The van der Waals surface area contributed by atoms with Crippen LogP contribution in [0.3, 0.4) is 0 Å². The average Bonchev–Trinajstić information content (AvgIpc) is 3.02. The first-order valence-corrected chi connectivity index (χ1v) is 7.06. The molecule has 3 rings (SSSR count). The highest BCUT2D eigenvalue weighted by molar-refractivity contribution is 5.92. The summed E-state index contributed by atoms with van der Waals surface area (Å²) < 4.78 is 5.15. The predicted octanol–water partition coefficient (Wildman–Crippen LogP) is 3.36. The number of nitrogens with zero attached hydrogens (tertiary/aromatic N) is 1. The SMILES string of the molecule is COc1cccc(/C=C/NC(=O)Nc2ccc3nc[nH]c3c2)c1. The molecule has 23 heavy (non-hydrogen) atoms. The van der Waals surface area contributed by atoms with Crippen LogP contribution in [0.2, 0.25) is 0 Å². The van der Waals surface area contributed by atoms with Crippen molar-refractivity contribution in [2.45, 2.75) is 0 Å². The molecule has 0 radical (unpaired) electrons. The summed E-state index contributed by atoms with van der Waals surface area (Å²) >= 11 is 0. The molecule has 2 aromatic carbocycles. The number of hydrogen-bond acceptors (Lipinski definition) is 3. The van der Waals surface area contributed by atoms with Gasteiger partial charge in [0.25, 0.3) is 0 Å². The second-order valence-corrected chi connectivity index (χ2v) is 4.84. The van der Waals surface area contributed by atoms with Gasteiger partial charge in [0.05, 0.1) is 24.5 Å². The number of amides is 2. The van der Waals surface area contributed by atoms with Crippen molar-refractivity contribution in [1.29, 1.82) is 0 Å². The molecule has 0 atom stereocenters.